The lowest BCUT2D eigenvalue weighted by atomic mass is 10.1. The molecular weight excluding hydrogens is 404 g/mol. The van der Waals surface area contributed by atoms with Crippen molar-refractivity contribution in [2.24, 2.45) is 0 Å². The normalized spacial score (nSPS) is 20.0. The van der Waals surface area contributed by atoms with E-state index in [-0.39, 0.29) is 16.8 Å². The second kappa shape index (κ2) is 8.28. The fraction of sp³-hybridized carbons (Fsp3) is 0.409. The van der Waals surface area contributed by atoms with E-state index < -0.39 is 16.1 Å². The van der Waals surface area contributed by atoms with Crippen molar-refractivity contribution in [3.05, 3.63) is 53.6 Å². The average molecular weight is 431 g/mol. The topological polar surface area (TPSA) is 84.9 Å². The summed E-state index contributed by atoms with van der Waals surface area (Å²) in [6.45, 7) is 5.13. The van der Waals surface area contributed by atoms with Gasteiger partial charge in [0.2, 0.25) is 15.9 Å². The maximum absolute atomic E-state index is 13.1. The molecule has 0 saturated carbocycles. The summed E-state index contributed by atoms with van der Waals surface area (Å²) < 4.78 is 38.7. The molecule has 2 aromatic rings. The lowest BCUT2D eigenvalue weighted by Crippen LogP contribution is -2.46. The van der Waals surface area contributed by atoms with Crippen LogP contribution in [0.15, 0.2) is 47.4 Å². The molecule has 1 amide bonds. The Labute approximate surface area is 177 Å². The number of benzene rings is 2. The average Bonchev–Trinajstić information content (AvgIpc) is 3.25. The van der Waals surface area contributed by atoms with Crippen LogP contribution in [0.5, 0.6) is 11.5 Å². The highest BCUT2D eigenvalue weighted by Gasteiger charge is 2.39. The van der Waals surface area contributed by atoms with Gasteiger partial charge in [-0.3, -0.25) is 4.79 Å². The molecule has 2 aliphatic heterocycles. The van der Waals surface area contributed by atoms with Crippen LogP contribution in [0.25, 0.3) is 0 Å². The number of fused-ring (bicyclic) bond motifs is 1. The van der Waals surface area contributed by atoms with E-state index in [0.717, 1.165) is 11.1 Å². The van der Waals surface area contributed by atoms with Crippen molar-refractivity contribution in [2.45, 2.75) is 43.7 Å². The van der Waals surface area contributed by atoms with Gasteiger partial charge in [-0.1, -0.05) is 23.8 Å². The van der Waals surface area contributed by atoms with Gasteiger partial charge in [-0.05, 0) is 56.5 Å². The molecule has 30 heavy (non-hydrogen) atoms. The van der Waals surface area contributed by atoms with Crippen LogP contribution >= 0.6 is 0 Å². The first-order valence-electron chi connectivity index (χ1n) is 10.1. The predicted octanol–water partition coefficient (Wildman–Crippen LogP) is 2.80. The van der Waals surface area contributed by atoms with E-state index in [4.69, 9.17) is 9.47 Å². The molecule has 2 unspecified atom stereocenters. The number of nitrogens with one attached hydrogen (secondary N) is 1. The van der Waals surface area contributed by atoms with Gasteiger partial charge >= 0.3 is 0 Å². The van der Waals surface area contributed by atoms with E-state index >= 15 is 0 Å². The van der Waals surface area contributed by atoms with Crippen LogP contribution in [0.1, 0.15) is 36.9 Å². The molecule has 7 nitrogen and oxygen atoms in total. The molecule has 0 aromatic heterocycles. The van der Waals surface area contributed by atoms with Crippen LogP contribution in [0, 0.1) is 6.92 Å². The van der Waals surface area contributed by atoms with Crippen molar-refractivity contribution in [1.82, 2.24) is 9.62 Å². The van der Waals surface area contributed by atoms with Gasteiger partial charge in [-0.2, -0.15) is 4.31 Å². The maximum atomic E-state index is 13.1. The van der Waals surface area contributed by atoms with Gasteiger partial charge < -0.3 is 14.8 Å². The summed E-state index contributed by atoms with van der Waals surface area (Å²) in [4.78, 5) is 13.2. The molecule has 0 bridgehead atoms. The minimum atomic E-state index is -3.73. The third-order valence-corrected chi connectivity index (χ3v) is 7.48. The molecule has 2 atom stereocenters. The van der Waals surface area contributed by atoms with Crippen molar-refractivity contribution in [3.8, 4) is 11.5 Å². The number of hydrogen-bond donors (Lipinski definition) is 1. The molecule has 2 aliphatic rings. The molecule has 1 N–H and O–H groups in total. The van der Waals surface area contributed by atoms with Gasteiger partial charge in [0, 0.05) is 6.54 Å². The zero-order valence-electron chi connectivity index (χ0n) is 17.1. The molecule has 2 heterocycles. The Kier molecular flexibility index (Phi) is 5.71. The number of sulfonamides is 1. The van der Waals surface area contributed by atoms with E-state index in [1.54, 1.807) is 24.3 Å². The summed E-state index contributed by atoms with van der Waals surface area (Å²) in [7, 11) is -3.73. The van der Waals surface area contributed by atoms with E-state index in [1.807, 2.05) is 32.0 Å². The SMILES string of the molecule is Cc1ccc(S(=O)(=O)N2CCCC2C(=O)NC(C)c2ccc3c(c2)OCCO3)cc1. The van der Waals surface area contributed by atoms with Crippen LogP contribution in [0.4, 0.5) is 0 Å². The number of aryl methyl sites for hydroxylation is 1. The van der Waals surface area contributed by atoms with Gasteiger partial charge in [0.05, 0.1) is 10.9 Å². The zero-order valence-corrected chi connectivity index (χ0v) is 17.9. The lowest BCUT2D eigenvalue weighted by Gasteiger charge is -2.26. The van der Waals surface area contributed by atoms with Crippen molar-refractivity contribution < 1.29 is 22.7 Å². The molecule has 0 aliphatic carbocycles. The zero-order chi connectivity index (χ0) is 21.3. The quantitative estimate of drug-likeness (QED) is 0.789. The van der Waals surface area contributed by atoms with Crippen LogP contribution in [-0.4, -0.2) is 44.4 Å². The predicted molar refractivity (Wildman–Crippen MR) is 112 cm³/mol. The van der Waals surface area contributed by atoms with Gasteiger partial charge in [0.1, 0.15) is 19.3 Å². The van der Waals surface area contributed by atoms with Crippen molar-refractivity contribution in [2.75, 3.05) is 19.8 Å². The minimum absolute atomic E-state index is 0.215. The van der Waals surface area contributed by atoms with Crippen molar-refractivity contribution in [3.63, 3.8) is 0 Å². The van der Waals surface area contributed by atoms with E-state index in [2.05, 4.69) is 5.32 Å². The summed E-state index contributed by atoms with van der Waals surface area (Å²) in [6, 6.07) is 11.3. The Morgan fingerprint density at radius 3 is 2.53 bits per heavy atom. The number of rotatable bonds is 5. The second-order valence-electron chi connectivity index (χ2n) is 7.72. The number of hydrogen-bond acceptors (Lipinski definition) is 5. The Morgan fingerprint density at radius 2 is 1.80 bits per heavy atom. The molecule has 8 heteroatoms. The Morgan fingerprint density at radius 1 is 1.10 bits per heavy atom. The first-order chi connectivity index (χ1) is 14.4. The third kappa shape index (κ3) is 4.02. The highest BCUT2D eigenvalue weighted by Crippen LogP contribution is 2.33. The molecule has 2 aromatic carbocycles. The van der Waals surface area contributed by atoms with Gasteiger partial charge in [-0.25, -0.2) is 8.42 Å². The third-order valence-electron chi connectivity index (χ3n) is 5.56. The number of carbonyl (C=O) groups excluding carboxylic acids is 1. The van der Waals surface area contributed by atoms with E-state index in [9.17, 15) is 13.2 Å². The van der Waals surface area contributed by atoms with Crippen LogP contribution in [0.3, 0.4) is 0 Å². The van der Waals surface area contributed by atoms with Gasteiger partial charge in [0.15, 0.2) is 11.5 Å². The van der Waals surface area contributed by atoms with Gasteiger partial charge in [-0.15, -0.1) is 0 Å². The second-order valence-corrected chi connectivity index (χ2v) is 9.61. The Hall–Kier alpha value is -2.58. The summed E-state index contributed by atoms with van der Waals surface area (Å²) in [5.41, 5.74) is 1.86. The number of ether oxygens (including phenoxy) is 2. The van der Waals surface area contributed by atoms with Crippen molar-refractivity contribution >= 4 is 15.9 Å². The largest absolute Gasteiger partial charge is 0.486 e. The van der Waals surface area contributed by atoms with Crippen LogP contribution < -0.4 is 14.8 Å². The summed E-state index contributed by atoms with van der Waals surface area (Å²) in [6.07, 6.45) is 1.16. The summed E-state index contributed by atoms with van der Waals surface area (Å²) >= 11 is 0. The monoisotopic (exact) mass is 430 g/mol. The molecule has 160 valence electrons. The number of amides is 1. The van der Waals surface area contributed by atoms with Crippen LogP contribution in [0.2, 0.25) is 0 Å². The van der Waals surface area contributed by atoms with E-state index in [1.165, 1.54) is 4.31 Å². The molecule has 0 radical (unpaired) electrons. The van der Waals surface area contributed by atoms with Crippen molar-refractivity contribution in [1.29, 1.82) is 0 Å². The smallest absolute Gasteiger partial charge is 0.243 e. The lowest BCUT2D eigenvalue weighted by molar-refractivity contribution is -0.124. The highest BCUT2D eigenvalue weighted by molar-refractivity contribution is 7.89. The standard InChI is InChI=1S/C22H26N2O5S/c1-15-5-8-18(9-6-15)30(26,27)24-11-3-4-19(24)22(25)23-16(2)17-7-10-20-21(14-17)29-13-12-28-20/h5-10,14,16,19H,3-4,11-13H2,1-2H3,(H,23,25). The summed E-state index contributed by atoms with van der Waals surface area (Å²) in [5.74, 6) is 1.06. The Balaban J connectivity index is 1.49. The molecule has 1 fully saturated rings. The highest BCUT2D eigenvalue weighted by atomic mass is 32.2. The molecular formula is C22H26N2O5S. The minimum Gasteiger partial charge on any atom is -0.486 e. The first-order valence-corrected chi connectivity index (χ1v) is 11.6. The van der Waals surface area contributed by atoms with Crippen LogP contribution in [-0.2, 0) is 14.8 Å². The molecule has 1 saturated heterocycles. The fourth-order valence-corrected chi connectivity index (χ4v) is 5.51. The number of carbonyl (C=O) groups is 1. The van der Waals surface area contributed by atoms with Gasteiger partial charge in [0.25, 0.3) is 0 Å². The molecule has 4 rings (SSSR count). The first kappa shape index (κ1) is 20.7. The van der Waals surface area contributed by atoms with E-state index in [0.29, 0.717) is 44.1 Å². The fourth-order valence-electron chi connectivity index (χ4n) is 3.86. The number of nitrogens with zero attached hydrogens (tertiary/aromatic N) is 1. The molecule has 0 spiro atoms. The maximum Gasteiger partial charge on any atom is 0.243 e. The Bertz CT molecular complexity index is 1040. The summed E-state index contributed by atoms with van der Waals surface area (Å²) in [5, 5.41) is 2.97.